The quantitative estimate of drug-likeness (QED) is 0.809. The van der Waals surface area contributed by atoms with Crippen LogP contribution in [-0.2, 0) is 15.6 Å². The molecule has 0 saturated heterocycles. The monoisotopic (exact) mass is 329 g/mol. The lowest BCUT2D eigenvalue weighted by molar-refractivity contribution is 0.171. The van der Waals surface area contributed by atoms with Gasteiger partial charge < -0.3 is 9.47 Å². The molecule has 1 aliphatic rings. The van der Waals surface area contributed by atoms with Crippen molar-refractivity contribution in [1.82, 2.24) is 0 Å². The topological polar surface area (TPSA) is 57.0 Å². The van der Waals surface area contributed by atoms with Gasteiger partial charge >= 0.3 is 5.37 Å². The second-order valence-electron chi connectivity index (χ2n) is 5.18. The lowest BCUT2D eigenvalue weighted by Crippen LogP contribution is -2.17. The Morgan fingerprint density at radius 1 is 1.04 bits per heavy atom. The van der Waals surface area contributed by atoms with E-state index in [1.54, 1.807) is 42.5 Å². The van der Waals surface area contributed by atoms with Gasteiger partial charge in [0, 0.05) is 0 Å². The molecule has 0 saturated carbocycles. The first-order chi connectivity index (χ1) is 11.1. The second kappa shape index (κ2) is 6.31. The van der Waals surface area contributed by atoms with E-state index in [4.69, 9.17) is 16.0 Å². The Labute approximate surface area is 135 Å². The number of nitrogens with zero attached hydrogens (tertiary/aromatic N) is 1. The molecule has 2 aromatic carbocycles. The van der Waals surface area contributed by atoms with Gasteiger partial charge in [0.25, 0.3) is 0 Å². The zero-order valence-corrected chi connectivity index (χ0v) is 13.1. The van der Waals surface area contributed by atoms with E-state index in [0.29, 0.717) is 35.8 Å². The van der Waals surface area contributed by atoms with E-state index in [1.165, 1.54) is 0 Å². The summed E-state index contributed by atoms with van der Waals surface area (Å²) >= 11 is 0. The molecule has 23 heavy (non-hydrogen) atoms. The standard InChI is InChI=1S/C17H15NO4S/c1-18-17(23(19,20)12-13-5-3-2-4-6-13)14-7-8-15-16(11-14)22-10-9-21-15/h2-8,11,17H,9-10,12H2. The molecule has 0 fully saturated rings. The fourth-order valence-electron chi connectivity index (χ4n) is 2.46. The summed E-state index contributed by atoms with van der Waals surface area (Å²) in [7, 11) is -3.66. The summed E-state index contributed by atoms with van der Waals surface area (Å²) in [5, 5.41) is -1.25. The lowest BCUT2D eigenvalue weighted by atomic mass is 10.2. The van der Waals surface area contributed by atoms with Gasteiger partial charge in [-0.25, -0.2) is 15.0 Å². The van der Waals surface area contributed by atoms with E-state index in [9.17, 15) is 8.42 Å². The van der Waals surface area contributed by atoms with Crippen LogP contribution in [0.25, 0.3) is 4.85 Å². The Morgan fingerprint density at radius 3 is 2.43 bits per heavy atom. The van der Waals surface area contributed by atoms with Crippen LogP contribution >= 0.6 is 0 Å². The predicted octanol–water partition coefficient (Wildman–Crippen LogP) is 2.99. The molecule has 3 rings (SSSR count). The van der Waals surface area contributed by atoms with Crippen LogP contribution in [0.3, 0.4) is 0 Å². The highest BCUT2D eigenvalue weighted by Gasteiger charge is 2.33. The zero-order chi connectivity index (χ0) is 16.3. The average molecular weight is 329 g/mol. The van der Waals surface area contributed by atoms with Crippen LogP contribution in [0.15, 0.2) is 48.5 Å². The third kappa shape index (κ3) is 3.30. The molecular formula is C17H15NO4S. The molecule has 1 aliphatic heterocycles. The van der Waals surface area contributed by atoms with Gasteiger partial charge in [0.1, 0.15) is 13.2 Å². The van der Waals surface area contributed by atoms with E-state index in [0.717, 1.165) is 0 Å². The summed E-state index contributed by atoms with van der Waals surface area (Å²) in [6, 6.07) is 13.7. The Bertz CT molecular complexity index is 841. The Balaban J connectivity index is 1.91. The molecule has 0 aliphatic carbocycles. The van der Waals surface area contributed by atoms with Crippen molar-refractivity contribution in [2.75, 3.05) is 13.2 Å². The normalized spacial score (nSPS) is 14.7. The van der Waals surface area contributed by atoms with E-state index >= 15 is 0 Å². The van der Waals surface area contributed by atoms with Gasteiger partial charge in [0.05, 0.1) is 11.3 Å². The molecule has 0 bridgehead atoms. The summed E-state index contributed by atoms with van der Waals surface area (Å²) < 4.78 is 36.1. The smallest absolute Gasteiger partial charge is 0.346 e. The Hall–Kier alpha value is -2.52. The SMILES string of the molecule is [C-]#[N+]C(c1ccc2c(c1)OCCO2)S(=O)(=O)Cc1ccccc1. The molecule has 1 atom stereocenters. The molecule has 1 heterocycles. The van der Waals surface area contributed by atoms with Crippen LogP contribution in [0.2, 0.25) is 0 Å². The highest BCUT2D eigenvalue weighted by atomic mass is 32.2. The predicted molar refractivity (Wildman–Crippen MR) is 85.8 cm³/mol. The maximum absolute atomic E-state index is 12.6. The van der Waals surface area contributed by atoms with Crippen molar-refractivity contribution in [3.8, 4) is 11.5 Å². The number of fused-ring (bicyclic) bond motifs is 1. The van der Waals surface area contributed by atoms with Gasteiger partial charge in [-0.05, 0) is 23.8 Å². The summed E-state index contributed by atoms with van der Waals surface area (Å²) in [4.78, 5) is 3.34. The van der Waals surface area contributed by atoms with Crippen LogP contribution in [0.1, 0.15) is 16.5 Å². The van der Waals surface area contributed by atoms with Gasteiger partial charge in [0.15, 0.2) is 11.5 Å². The van der Waals surface area contributed by atoms with Crippen LogP contribution in [0, 0.1) is 6.57 Å². The van der Waals surface area contributed by atoms with Crippen LogP contribution in [0.5, 0.6) is 11.5 Å². The molecule has 0 radical (unpaired) electrons. The largest absolute Gasteiger partial charge is 0.486 e. The maximum atomic E-state index is 12.6. The van der Waals surface area contributed by atoms with Crippen molar-refractivity contribution in [2.24, 2.45) is 0 Å². The molecule has 1 unspecified atom stereocenters. The molecule has 2 aromatic rings. The molecule has 0 aromatic heterocycles. The number of hydrogen-bond donors (Lipinski definition) is 0. The minimum absolute atomic E-state index is 0.171. The van der Waals surface area contributed by atoms with Crippen molar-refractivity contribution >= 4 is 9.84 Å². The molecule has 0 spiro atoms. The minimum atomic E-state index is -3.66. The van der Waals surface area contributed by atoms with E-state index in [1.807, 2.05) is 6.07 Å². The van der Waals surface area contributed by atoms with Gasteiger partial charge in [-0.3, -0.25) is 4.85 Å². The molecular weight excluding hydrogens is 314 g/mol. The zero-order valence-electron chi connectivity index (χ0n) is 12.3. The van der Waals surface area contributed by atoms with Crippen molar-refractivity contribution in [3.63, 3.8) is 0 Å². The van der Waals surface area contributed by atoms with Crippen molar-refractivity contribution in [2.45, 2.75) is 11.1 Å². The van der Waals surface area contributed by atoms with Crippen LogP contribution in [0.4, 0.5) is 0 Å². The summed E-state index contributed by atoms with van der Waals surface area (Å²) in [5.74, 6) is 0.886. The van der Waals surface area contributed by atoms with Gasteiger partial charge in [-0.2, -0.15) is 0 Å². The van der Waals surface area contributed by atoms with Crippen molar-refractivity contribution in [3.05, 3.63) is 71.1 Å². The first-order valence-electron chi connectivity index (χ1n) is 7.12. The molecule has 0 N–H and O–H groups in total. The first-order valence-corrected chi connectivity index (χ1v) is 8.83. The van der Waals surface area contributed by atoms with E-state index in [2.05, 4.69) is 4.85 Å². The van der Waals surface area contributed by atoms with E-state index < -0.39 is 15.2 Å². The fraction of sp³-hybridized carbons (Fsp3) is 0.235. The second-order valence-corrected chi connectivity index (χ2v) is 7.24. The fourth-order valence-corrected chi connectivity index (χ4v) is 4.00. The molecule has 0 amide bonds. The minimum Gasteiger partial charge on any atom is -0.486 e. The lowest BCUT2D eigenvalue weighted by Gasteiger charge is -2.19. The van der Waals surface area contributed by atoms with E-state index in [-0.39, 0.29) is 5.75 Å². The molecule has 118 valence electrons. The van der Waals surface area contributed by atoms with Crippen molar-refractivity contribution < 1.29 is 17.9 Å². The van der Waals surface area contributed by atoms with Crippen LogP contribution in [-0.4, -0.2) is 21.6 Å². The number of rotatable bonds is 4. The Morgan fingerprint density at radius 2 is 1.74 bits per heavy atom. The molecule has 5 nitrogen and oxygen atoms in total. The highest BCUT2D eigenvalue weighted by Crippen LogP contribution is 2.36. The van der Waals surface area contributed by atoms with Crippen molar-refractivity contribution in [1.29, 1.82) is 0 Å². The molecule has 6 heteroatoms. The summed E-state index contributed by atoms with van der Waals surface area (Å²) in [6.07, 6.45) is 0. The van der Waals surface area contributed by atoms with Gasteiger partial charge in [0.2, 0.25) is 9.84 Å². The maximum Gasteiger partial charge on any atom is 0.346 e. The van der Waals surface area contributed by atoms with Gasteiger partial charge in [-0.1, -0.05) is 30.3 Å². The number of hydrogen-bond acceptors (Lipinski definition) is 4. The van der Waals surface area contributed by atoms with Gasteiger partial charge in [-0.15, -0.1) is 0 Å². The Kier molecular flexibility index (Phi) is 4.22. The first kappa shape index (κ1) is 15.4. The number of ether oxygens (including phenoxy) is 2. The third-order valence-corrected chi connectivity index (χ3v) is 5.31. The highest BCUT2D eigenvalue weighted by molar-refractivity contribution is 7.91. The summed E-state index contributed by atoms with van der Waals surface area (Å²) in [5.41, 5.74) is 1.07. The van der Waals surface area contributed by atoms with Crippen LogP contribution < -0.4 is 9.47 Å². The third-order valence-electron chi connectivity index (χ3n) is 3.52. The summed E-state index contributed by atoms with van der Waals surface area (Å²) in [6.45, 7) is 8.21. The average Bonchev–Trinajstić information content (AvgIpc) is 2.55. The number of sulfone groups is 1. The number of benzene rings is 2.